The lowest BCUT2D eigenvalue weighted by Crippen LogP contribution is -2.00. The molecule has 4 heteroatoms. The van der Waals surface area contributed by atoms with Crippen LogP contribution in [0.2, 0.25) is 0 Å². The monoisotopic (exact) mass is 475 g/mol. The summed E-state index contributed by atoms with van der Waals surface area (Å²) >= 11 is 0. The smallest absolute Gasteiger partial charge is 0.164 e. The molecule has 174 valence electrons. The second-order valence-electron chi connectivity index (χ2n) is 8.93. The van der Waals surface area contributed by atoms with Crippen LogP contribution in [-0.4, -0.2) is 15.0 Å². The summed E-state index contributed by atoms with van der Waals surface area (Å²) in [6.45, 7) is 0. The average molecular weight is 476 g/mol. The van der Waals surface area contributed by atoms with Gasteiger partial charge in [0.2, 0.25) is 0 Å². The number of hydrogen-bond donors (Lipinski definition) is 0. The van der Waals surface area contributed by atoms with E-state index in [1.54, 1.807) is 0 Å². The van der Waals surface area contributed by atoms with Crippen LogP contribution >= 0.6 is 0 Å². The number of rotatable bonds is 4. The Morgan fingerprint density at radius 2 is 0.865 bits per heavy atom. The predicted molar refractivity (Wildman–Crippen MR) is 149 cm³/mol. The van der Waals surface area contributed by atoms with Crippen molar-refractivity contribution < 1.29 is 4.42 Å². The van der Waals surface area contributed by atoms with E-state index in [1.807, 2.05) is 91.0 Å². The number of fused-ring (bicyclic) bond motifs is 3. The number of para-hydroxylation sites is 1. The van der Waals surface area contributed by atoms with E-state index in [4.69, 9.17) is 19.4 Å². The van der Waals surface area contributed by atoms with Crippen LogP contribution in [0.25, 0.3) is 67.2 Å². The fourth-order valence-corrected chi connectivity index (χ4v) is 4.68. The molecule has 2 aromatic heterocycles. The zero-order valence-corrected chi connectivity index (χ0v) is 19.9. The number of nitrogens with zero attached hydrogens (tertiary/aromatic N) is 3. The third-order valence-corrected chi connectivity index (χ3v) is 6.53. The van der Waals surface area contributed by atoms with Crippen molar-refractivity contribution >= 4 is 21.9 Å². The van der Waals surface area contributed by atoms with Crippen LogP contribution < -0.4 is 0 Å². The van der Waals surface area contributed by atoms with Crippen molar-refractivity contribution in [3.8, 4) is 45.3 Å². The van der Waals surface area contributed by atoms with E-state index in [1.165, 1.54) is 0 Å². The molecular formula is C33H21N3O. The molecule has 0 radical (unpaired) electrons. The van der Waals surface area contributed by atoms with Gasteiger partial charge in [-0.3, -0.25) is 0 Å². The summed E-state index contributed by atoms with van der Waals surface area (Å²) in [6.07, 6.45) is 0. The third kappa shape index (κ3) is 3.95. The van der Waals surface area contributed by atoms with Gasteiger partial charge in [0.05, 0.1) is 0 Å². The molecule has 4 nitrogen and oxygen atoms in total. The van der Waals surface area contributed by atoms with Crippen LogP contribution in [0, 0.1) is 0 Å². The highest BCUT2D eigenvalue weighted by Crippen LogP contribution is 2.33. The van der Waals surface area contributed by atoms with Gasteiger partial charge >= 0.3 is 0 Å². The largest absolute Gasteiger partial charge is 0.456 e. The number of benzene rings is 5. The first kappa shape index (κ1) is 21.2. The van der Waals surface area contributed by atoms with Crippen LogP contribution in [0.3, 0.4) is 0 Å². The highest BCUT2D eigenvalue weighted by Gasteiger charge is 2.13. The second-order valence-corrected chi connectivity index (χ2v) is 8.93. The molecule has 0 spiro atoms. The van der Waals surface area contributed by atoms with Gasteiger partial charge in [-0.1, -0.05) is 103 Å². The summed E-state index contributed by atoms with van der Waals surface area (Å²) in [7, 11) is 0. The fourth-order valence-electron chi connectivity index (χ4n) is 4.68. The van der Waals surface area contributed by atoms with Crippen LogP contribution in [-0.2, 0) is 0 Å². The number of hydrogen-bond acceptors (Lipinski definition) is 4. The molecule has 0 saturated heterocycles. The van der Waals surface area contributed by atoms with Crippen LogP contribution in [0.1, 0.15) is 0 Å². The first-order valence-electron chi connectivity index (χ1n) is 12.2. The normalized spacial score (nSPS) is 11.2. The Labute approximate surface area is 213 Å². The predicted octanol–water partition coefficient (Wildman–Crippen LogP) is 8.44. The van der Waals surface area contributed by atoms with E-state index < -0.39 is 0 Å². The van der Waals surface area contributed by atoms with Crippen LogP contribution in [0.15, 0.2) is 132 Å². The Kier molecular flexibility index (Phi) is 5.07. The van der Waals surface area contributed by atoms with E-state index in [-0.39, 0.29) is 0 Å². The summed E-state index contributed by atoms with van der Waals surface area (Å²) in [5.41, 5.74) is 6.84. The lowest BCUT2D eigenvalue weighted by Gasteiger charge is -2.09. The molecule has 0 amide bonds. The quantitative estimate of drug-likeness (QED) is 0.256. The molecule has 7 aromatic rings. The van der Waals surface area contributed by atoms with Crippen molar-refractivity contribution in [3.63, 3.8) is 0 Å². The van der Waals surface area contributed by atoms with E-state index in [0.717, 1.165) is 49.8 Å². The molecular weight excluding hydrogens is 454 g/mol. The Morgan fingerprint density at radius 3 is 1.57 bits per heavy atom. The summed E-state index contributed by atoms with van der Waals surface area (Å²) in [5, 5.41) is 2.23. The topological polar surface area (TPSA) is 51.8 Å². The van der Waals surface area contributed by atoms with Gasteiger partial charge in [0.15, 0.2) is 17.5 Å². The minimum atomic E-state index is 0.643. The van der Waals surface area contributed by atoms with Gasteiger partial charge in [0.25, 0.3) is 0 Å². The first-order valence-corrected chi connectivity index (χ1v) is 12.2. The Bertz CT molecular complexity index is 1820. The Hall–Kier alpha value is -5.09. The maximum absolute atomic E-state index is 6.02. The fraction of sp³-hybridized carbons (Fsp3) is 0. The van der Waals surface area contributed by atoms with Crippen LogP contribution in [0.4, 0.5) is 0 Å². The maximum atomic E-state index is 6.02. The minimum Gasteiger partial charge on any atom is -0.456 e. The lowest BCUT2D eigenvalue weighted by molar-refractivity contribution is 0.669. The average Bonchev–Trinajstić information content (AvgIpc) is 3.36. The molecule has 0 aliphatic carbocycles. The molecule has 0 N–H and O–H groups in total. The highest BCUT2D eigenvalue weighted by atomic mass is 16.3. The van der Waals surface area contributed by atoms with Gasteiger partial charge < -0.3 is 4.42 Å². The zero-order chi connectivity index (χ0) is 24.6. The molecule has 37 heavy (non-hydrogen) atoms. The van der Waals surface area contributed by atoms with Crippen molar-refractivity contribution in [1.82, 2.24) is 15.0 Å². The molecule has 0 saturated carbocycles. The molecule has 0 fully saturated rings. The Balaban J connectivity index is 1.36. The zero-order valence-electron chi connectivity index (χ0n) is 19.9. The van der Waals surface area contributed by atoms with Gasteiger partial charge in [0.1, 0.15) is 11.2 Å². The summed E-state index contributed by atoms with van der Waals surface area (Å²) < 4.78 is 6.02. The van der Waals surface area contributed by atoms with Gasteiger partial charge in [-0.15, -0.1) is 0 Å². The third-order valence-electron chi connectivity index (χ3n) is 6.53. The number of aromatic nitrogens is 3. The molecule has 0 atom stereocenters. The first-order chi connectivity index (χ1) is 18.3. The second kappa shape index (κ2) is 8.85. The highest BCUT2D eigenvalue weighted by molar-refractivity contribution is 6.06. The van der Waals surface area contributed by atoms with E-state index in [9.17, 15) is 0 Å². The lowest BCUT2D eigenvalue weighted by atomic mass is 10.0. The molecule has 0 unspecified atom stereocenters. The summed E-state index contributed by atoms with van der Waals surface area (Å²) in [4.78, 5) is 14.6. The van der Waals surface area contributed by atoms with Gasteiger partial charge in [0, 0.05) is 27.5 Å². The van der Waals surface area contributed by atoms with E-state index in [2.05, 4.69) is 36.4 Å². The van der Waals surface area contributed by atoms with Crippen molar-refractivity contribution in [2.24, 2.45) is 0 Å². The molecule has 0 aliphatic heterocycles. The Morgan fingerprint density at radius 1 is 0.351 bits per heavy atom. The molecule has 7 rings (SSSR count). The van der Waals surface area contributed by atoms with Gasteiger partial charge in [-0.05, 0) is 35.4 Å². The van der Waals surface area contributed by atoms with Crippen molar-refractivity contribution in [2.75, 3.05) is 0 Å². The van der Waals surface area contributed by atoms with Crippen molar-refractivity contribution in [2.45, 2.75) is 0 Å². The molecule has 0 aliphatic rings. The van der Waals surface area contributed by atoms with E-state index in [0.29, 0.717) is 17.5 Å². The van der Waals surface area contributed by atoms with Crippen molar-refractivity contribution in [3.05, 3.63) is 127 Å². The molecule has 0 bridgehead atoms. The number of furan rings is 1. The van der Waals surface area contributed by atoms with Crippen molar-refractivity contribution in [1.29, 1.82) is 0 Å². The minimum absolute atomic E-state index is 0.643. The SMILES string of the molecule is c1ccc(-c2nc(-c3ccccc3)nc(-c3cccc(-c4ccc5oc6ccccc6c5c4)c3)n2)cc1. The van der Waals surface area contributed by atoms with Gasteiger partial charge in [-0.25, -0.2) is 15.0 Å². The summed E-state index contributed by atoms with van der Waals surface area (Å²) in [6, 6.07) is 42.9. The molecule has 2 heterocycles. The van der Waals surface area contributed by atoms with Crippen LogP contribution in [0.5, 0.6) is 0 Å². The molecule has 5 aromatic carbocycles. The summed E-state index contributed by atoms with van der Waals surface area (Å²) in [5.74, 6) is 1.95. The van der Waals surface area contributed by atoms with Gasteiger partial charge in [-0.2, -0.15) is 0 Å². The maximum Gasteiger partial charge on any atom is 0.164 e. The standard InChI is InChI=1S/C33H21N3O/c1-3-10-22(11-4-1)31-34-32(23-12-5-2-6-13-23)36-33(35-31)26-15-9-14-24(20-26)25-18-19-30-28(21-25)27-16-7-8-17-29(27)37-30/h1-21H. The van der Waals surface area contributed by atoms with E-state index >= 15 is 0 Å².